The molecule has 0 saturated heterocycles. The SMILES string of the molecule is CC1(C)[C@@H](N)[C@@H]1c1ccccc1-n1cccn1. The predicted octanol–water partition coefficient (Wildman–Crippen LogP) is 2.32. The quantitative estimate of drug-likeness (QED) is 0.855. The van der Waals surface area contributed by atoms with E-state index in [1.54, 1.807) is 6.20 Å². The van der Waals surface area contributed by atoms with Crippen molar-refractivity contribution in [3.63, 3.8) is 0 Å². The molecule has 3 rings (SSSR count). The van der Waals surface area contributed by atoms with Crippen molar-refractivity contribution in [2.75, 3.05) is 0 Å². The fraction of sp³-hybridized carbons (Fsp3) is 0.357. The first-order valence-electron chi connectivity index (χ1n) is 5.97. The van der Waals surface area contributed by atoms with Gasteiger partial charge in [-0.2, -0.15) is 5.10 Å². The van der Waals surface area contributed by atoms with Crippen LogP contribution in [0.15, 0.2) is 42.7 Å². The van der Waals surface area contributed by atoms with Gasteiger partial charge >= 0.3 is 0 Å². The lowest BCUT2D eigenvalue weighted by molar-refractivity contribution is 0.598. The molecule has 2 N–H and O–H groups in total. The first-order chi connectivity index (χ1) is 8.12. The Kier molecular flexibility index (Phi) is 2.13. The Balaban J connectivity index is 2.07. The molecule has 1 aromatic heterocycles. The molecule has 0 spiro atoms. The van der Waals surface area contributed by atoms with Crippen molar-refractivity contribution in [2.24, 2.45) is 11.1 Å². The van der Waals surface area contributed by atoms with Gasteiger partial charge in [-0.05, 0) is 23.1 Å². The van der Waals surface area contributed by atoms with Crippen LogP contribution < -0.4 is 5.73 Å². The third-order valence-corrected chi connectivity index (χ3v) is 3.93. The molecule has 17 heavy (non-hydrogen) atoms. The standard InChI is InChI=1S/C14H17N3/c1-14(2)12(13(14)15)10-6-3-4-7-11(10)17-9-5-8-16-17/h3-9,12-13H,15H2,1-2H3/t12-,13-/m0/s1. The first-order valence-corrected chi connectivity index (χ1v) is 5.97. The van der Waals surface area contributed by atoms with Gasteiger partial charge in [-0.15, -0.1) is 0 Å². The fourth-order valence-corrected chi connectivity index (χ4v) is 2.64. The van der Waals surface area contributed by atoms with E-state index in [0.29, 0.717) is 5.92 Å². The lowest BCUT2D eigenvalue weighted by Gasteiger charge is -2.10. The second kappa shape index (κ2) is 3.44. The zero-order chi connectivity index (χ0) is 12.0. The molecular formula is C14H17N3. The van der Waals surface area contributed by atoms with Crippen LogP contribution in [0.1, 0.15) is 25.3 Å². The minimum atomic E-state index is 0.198. The number of nitrogens with zero attached hydrogens (tertiary/aromatic N) is 2. The number of nitrogens with two attached hydrogens (primary N) is 1. The van der Waals surface area contributed by atoms with E-state index in [1.807, 2.05) is 23.0 Å². The Morgan fingerprint density at radius 1 is 1.24 bits per heavy atom. The Labute approximate surface area is 101 Å². The lowest BCUT2D eigenvalue weighted by atomic mass is 10.0. The summed E-state index contributed by atoms with van der Waals surface area (Å²) in [6.07, 6.45) is 3.77. The van der Waals surface area contributed by atoms with E-state index in [1.165, 1.54) is 5.56 Å². The summed E-state index contributed by atoms with van der Waals surface area (Å²) < 4.78 is 1.91. The van der Waals surface area contributed by atoms with Crippen molar-refractivity contribution in [1.29, 1.82) is 0 Å². The number of hydrogen-bond acceptors (Lipinski definition) is 2. The monoisotopic (exact) mass is 227 g/mol. The Morgan fingerprint density at radius 2 is 1.94 bits per heavy atom. The molecule has 2 aromatic rings. The average molecular weight is 227 g/mol. The van der Waals surface area contributed by atoms with Crippen LogP contribution in [0.4, 0.5) is 0 Å². The summed E-state index contributed by atoms with van der Waals surface area (Å²) in [6.45, 7) is 4.45. The van der Waals surface area contributed by atoms with Gasteiger partial charge in [-0.1, -0.05) is 32.0 Å². The van der Waals surface area contributed by atoms with Gasteiger partial charge in [-0.25, -0.2) is 4.68 Å². The van der Waals surface area contributed by atoms with Crippen LogP contribution in [0.2, 0.25) is 0 Å². The molecule has 0 bridgehead atoms. The minimum Gasteiger partial charge on any atom is -0.327 e. The van der Waals surface area contributed by atoms with Crippen molar-refractivity contribution in [3.8, 4) is 5.69 Å². The zero-order valence-corrected chi connectivity index (χ0v) is 10.2. The van der Waals surface area contributed by atoms with E-state index < -0.39 is 0 Å². The first kappa shape index (κ1) is 10.5. The number of para-hydroxylation sites is 1. The Hall–Kier alpha value is -1.61. The summed E-state index contributed by atoms with van der Waals surface area (Å²) in [5.41, 5.74) is 8.81. The van der Waals surface area contributed by atoms with Gasteiger partial charge < -0.3 is 5.73 Å². The Morgan fingerprint density at radius 3 is 2.53 bits per heavy atom. The molecule has 3 nitrogen and oxygen atoms in total. The number of benzene rings is 1. The van der Waals surface area contributed by atoms with Gasteiger partial charge in [0.2, 0.25) is 0 Å². The number of aromatic nitrogens is 2. The van der Waals surface area contributed by atoms with Crippen molar-refractivity contribution >= 4 is 0 Å². The van der Waals surface area contributed by atoms with Crippen molar-refractivity contribution < 1.29 is 0 Å². The number of rotatable bonds is 2. The maximum atomic E-state index is 6.17. The zero-order valence-electron chi connectivity index (χ0n) is 10.2. The maximum Gasteiger partial charge on any atom is 0.0681 e. The van der Waals surface area contributed by atoms with Crippen LogP contribution in [-0.2, 0) is 0 Å². The molecule has 88 valence electrons. The highest BCUT2D eigenvalue weighted by Crippen LogP contribution is 2.58. The fourth-order valence-electron chi connectivity index (χ4n) is 2.64. The largest absolute Gasteiger partial charge is 0.327 e. The summed E-state index contributed by atoms with van der Waals surface area (Å²) >= 11 is 0. The van der Waals surface area contributed by atoms with Gasteiger partial charge in [0.25, 0.3) is 0 Å². The summed E-state index contributed by atoms with van der Waals surface area (Å²) in [5, 5.41) is 4.31. The molecule has 1 heterocycles. The van der Waals surface area contributed by atoms with Gasteiger partial charge in [0, 0.05) is 24.4 Å². The molecule has 1 aliphatic rings. The molecule has 1 aliphatic carbocycles. The maximum absolute atomic E-state index is 6.17. The van der Waals surface area contributed by atoms with Crippen LogP contribution in [-0.4, -0.2) is 15.8 Å². The van der Waals surface area contributed by atoms with Gasteiger partial charge in [0.15, 0.2) is 0 Å². The summed E-state index contributed by atoms with van der Waals surface area (Å²) in [7, 11) is 0. The van der Waals surface area contributed by atoms with E-state index in [4.69, 9.17) is 5.73 Å². The minimum absolute atomic E-state index is 0.198. The third kappa shape index (κ3) is 1.50. The van der Waals surface area contributed by atoms with Crippen LogP contribution in [0.5, 0.6) is 0 Å². The van der Waals surface area contributed by atoms with Crippen LogP contribution in [0.3, 0.4) is 0 Å². The molecule has 3 heteroatoms. The van der Waals surface area contributed by atoms with Crippen LogP contribution in [0.25, 0.3) is 5.69 Å². The highest BCUT2D eigenvalue weighted by molar-refractivity contribution is 5.48. The molecule has 1 saturated carbocycles. The van der Waals surface area contributed by atoms with Gasteiger partial charge in [-0.3, -0.25) is 0 Å². The highest BCUT2D eigenvalue weighted by atomic mass is 15.3. The van der Waals surface area contributed by atoms with Crippen molar-refractivity contribution in [2.45, 2.75) is 25.8 Å². The molecule has 0 unspecified atom stereocenters. The van der Waals surface area contributed by atoms with Crippen LogP contribution >= 0.6 is 0 Å². The smallest absolute Gasteiger partial charge is 0.0681 e. The molecular weight excluding hydrogens is 210 g/mol. The van der Waals surface area contributed by atoms with E-state index in [0.717, 1.165) is 5.69 Å². The molecule has 1 aromatic carbocycles. The molecule has 0 amide bonds. The predicted molar refractivity (Wildman–Crippen MR) is 68.1 cm³/mol. The third-order valence-electron chi connectivity index (χ3n) is 3.93. The molecule has 2 atom stereocenters. The lowest BCUT2D eigenvalue weighted by Crippen LogP contribution is -2.07. The topological polar surface area (TPSA) is 43.8 Å². The van der Waals surface area contributed by atoms with E-state index in [9.17, 15) is 0 Å². The van der Waals surface area contributed by atoms with Crippen molar-refractivity contribution in [3.05, 3.63) is 48.3 Å². The summed E-state index contributed by atoms with van der Waals surface area (Å²) in [6, 6.07) is 10.6. The van der Waals surface area contributed by atoms with E-state index >= 15 is 0 Å². The molecule has 0 radical (unpaired) electrons. The second-order valence-corrected chi connectivity index (χ2v) is 5.33. The van der Waals surface area contributed by atoms with Gasteiger partial charge in [0.1, 0.15) is 0 Å². The van der Waals surface area contributed by atoms with Gasteiger partial charge in [0.05, 0.1) is 5.69 Å². The van der Waals surface area contributed by atoms with Crippen LogP contribution in [0, 0.1) is 5.41 Å². The average Bonchev–Trinajstić information content (AvgIpc) is 2.76. The van der Waals surface area contributed by atoms with E-state index in [-0.39, 0.29) is 11.5 Å². The summed E-state index contributed by atoms with van der Waals surface area (Å²) in [5.74, 6) is 0.433. The molecule has 1 fully saturated rings. The van der Waals surface area contributed by atoms with Crippen molar-refractivity contribution in [1.82, 2.24) is 9.78 Å². The molecule has 0 aliphatic heterocycles. The Bertz CT molecular complexity index is 528. The normalized spacial score (nSPS) is 25.8. The summed E-state index contributed by atoms with van der Waals surface area (Å²) in [4.78, 5) is 0. The van der Waals surface area contributed by atoms with E-state index in [2.05, 4.69) is 37.1 Å². The number of hydrogen-bond donors (Lipinski definition) is 1. The highest BCUT2D eigenvalue weighted by Gasteiger charge is 2.56. The second-order valence-electron chi connectivity index (χ2n) is 5.33.